The van der Waals surface area contributed by atoms with Crippen molar-refractivity contribution in [1.29, 1.82) is 0 Å². The normalized spacial score (nSPS) is 18.3. The Morgan fingerprint density at radius 3 is 2.24 bits per heavy atom. The number of pyridine rings is 1. The van der Waals surface area contributed by atoms with Crippen molar-refractivity contribution in [3.8, 4) is 11.1 Å². The lowest BCUT2D eigenvalue weighted by molar-refractivity contribution is -0.127. The number of nitrogens with one attached hydrogen (secondary N) is 2. The van der Waals surface area contributed by atoms with E-state index in [9.17, 15) is 9.59 Å². The highest BCUT2D eigenvalue weighted by atomic mass is 16.6. The Kier molecular flexibility index (Phi) is 9.16. The Morgan fingerprint density at radius 1 is 0.921 bits per heavy atom. The maximum Gasteiger partial charge on any atom is 0.407 e. The third kappa shape index (κ3) is 8.17. The minimum Gasteiger partial charge on any atom is -0.444 e. The lowest BCUT2D eigenvalue weighted by Gasteiger charge is -2.30. The second-order valence-electron chi connectivity index (χ2n) is 11.2. The summed E-state index contributed by atoms with van der Waals surface area (Å²) >= 11 is 0. The molecule has 0 bridgehead atoms. The van der Waals surface area contributed by atoms with E-state index in [4.69, 9.17) is 4.74 Å². The number of hydrogen-bond acceptors (Lipinski definition) is 4. The molecule has 1 aliphatic carbocycles. The largest absolute Gasteiger partial charge is 0.444 e. The van der Waals surface area contributed by atoms with Crippen molar-refractivity contribution in [2.24, 2.45) is 11.8 Å². The molecule has 2 N–H and O–H groups in total. The second kappa shape index (κ2) is 12.7. The molecular weight excluding hydrogens is 474 g/mol. The highest BCUT2D eigenvalue weighted by Crippen LogP contribution is 2.30. The third-order valence-electron chi connectivity index (χ3n) is 7.00. The van der Waals surface area contributed by atoms with Crippen molar-refractivity contribution in [2.45, 2.75) is 64.5 Å². The van der Waals surface area contributed by atoms with Crippen LogP contribution in [0.4, 0.5) is 4.79 Å². The van der Waals surface area contributed by atoms with E-state index in [2.05, 4.69) is 45.9 Å². The van der Waals surface area contributed by atoms with Crippen molar-refractivity contribution in [3.63, 3.8) is 0 Å². The average Bonchev–Trinajstić information content (AvgIpc) is 2.92. The van der Waals surface area contributed by atoms with E-state index >= 15 is 0 Å². The summed E-state index contributed by atoms with van der Waals surface area (Å²) in [5.74, 6) is 0.399. The fourth-order valence-corrected chi connectivity index (χ4v) is 4.99. The summed E-state index contributed by atoms with van der Waals surface area (Å²) in [6.45, 7) is 6.15. The topological polar surface area (TPSA) is 80.3 Å². The number of nitrogens with zero attached hydrogens (tertiary/aromatic N) is 1. The quantitative estimate of drug-likeness (QED) is 0.361. The summed E-state index contributed by atoms with van der Waals surface area (Å²) in [6.07, 6.45) is 5.53. The van der Waals surface area contributed by atoms with Gasteiger partial charge in [-0.2, -0.15) is 0 Å². The fraction of sp³-hybridized carbons (Fsp3) is 0.406. The van der Waals surface area contributed by atoms with Crippen LogP contribution in [-0.2, 0) is 16.0 Å². The molecule has 6 heteroatoms. The van der Waals surface area contributed by atoms with Crippen LogP contribution < -0.4 is 10.6 Å². The first-order valence-corrected chi connectivity index (χ1v) is 13.6. The van der Waals surface area contributed by atoms with E-state index in [1.807, 2.05) is 69.4 Å². The zero-order chi connectivity index (χ0) is 27.0. The van der Waals surface area contributed by atoms with Crippen LogP contribution in [-0.4, -0.2) is 29.1 Å². The Balaban J connectivity index is 1.39. The first kappa shape index (κ1) is 27.4. The van der Waals surface area contributed by atoms with Crippen LogP contribution in [0.25, 0.3) is 11.1 Å². The van der Waals surface area contributed by atoms with E-state index in [-0.39, 0.29) is 24.0 Å². The molecule has 0 radical (unpaired) electrons. The zero-order valence-electron chi connectivity index (χ0n) is 22.7. The molecule has 1 saturated carbocycles. The molecular formula is C32H39N3O3. The summed E-state index contributed by atoms with van der Waals surface area (Å²) in [5, 5.41) is 6.21. The third-order valence-corrected chi connectivity index (χ3v) is 7.00. The minimum absolute atomic E-state index is 0.0386. The maximum atomic E-state index is 13.4. The first-order chi connectivity index (χ1) is 18.3. The lowest BCUT2D eigenvalue weighted by Crippen LogP contribution is -2.39. The number of alkyl carbamates (subject to hydrolysis) is 1. The Morgan fingerprint density at radius 2 is 1.58 bits per heavy atom. The molecule has 0 aliphatic heterocycles. The van der Waals surface area contributed by atoms with Crippen molar-refractivity contribution < 1.29 is 14.3 Å². The van der Waals surface area contributed by atoms with E-state index < -0.39 is 5.60 Å². The number of amides is 2. The highest BCUT2D eigenvalue weighted by molar-refractivity contribution is 5.79. The Labute approximate surface area is 226 Å². The van der Waals surface area contributed by atoms with Gasteiger partial charge in [0, 0.05) is 18.7 Å². The lowest BCUT2D eigenvalue weighted by atomic mass is 9.81. The van der Waals surface area contributed by atoms with Crippen LogP contribution in [0.1, 0.15) is 63.8 Å². The monoisotopic (exact) mass is 513 g/mol. The molecule has 6 nitrogen and oxygen atoms in total. The molecule has 0 spiro atoms. The molecule has 2 amide bonds. The van der Waals surface area contributed by atoms with Crippen molar-refractivity contribution >= 4 is 12.0 Å². The van der Waals surface area contributed by atoms with Gasteiger partial charge in [0.25, 0.3) is 0 Å². The molecule has 3 aromatic rings. The number of carbonyl (C=O) groups is 2. The standard InChI is InChI=1S/C32H39N3O3/c1-32(2,3)38-31(37)34-22-24-14-16-26(17-15-24)30(36)35-29(20-23-10-6-4-7-11-23)28-21-27(18-19-33-28)25-12-8-5-9-13-25/h4-13,18-19,21,24,26,29H,14-17,20,22H2,1-3H3,(H,34,37)(H,35,36). The fourth-order valence-electron chi connectivity index (χ4n) is 4.99. The summed E-state index contributed by atoms with van der Waals surface area (Å²) in [6, 6.07) is 24.3. The van der Waals surface area contributed by atoms with E-state index in [1.54, 1.807) is 0 Å². The van der Waals surface area contributed by atoms with Gasteiger partial charge in [-0.3, -0.25) is 9.78 Å². The molecule has 1 fully saturated rings. The zero-order valence-corrected chi connectivity index (χ0v) is 22.7. The summed E-state index contributed by atoms with van der Waals surface area (Å²) in [7, 11) is 0. The van der Waals surface area contributed by atoms with Gasteiger partial charge in [-0.15, -0.1) is 0 Å². The first-order valence-electron chi connectivity index (χ1n) is 13.6. The Bertz CT molecular complexity index is 1180. The molecule has 1 atom stereocenters. The van der Waals surface area contributed by atoms with Gasteiger partial charge in [0.15, 0.2) is 0 Å². The van der Waals surface area contributed by atoms with Crippen LogP contribution in [0.5, 0.6) is 0 Å². The molecule has 1 heterocycles. The van der Waals surface area contributed by atoms with Crippen molar-refractivity contribution in [3.05, 3.63) is 90.3 Å². The van der Waals surface area contributed by atoms with E-state index in [0.29, 0.717) is 18.9 Å². The molecule has 2 aromatic carbocycles. The summed E-state index contributed by atoms with van der Waals surface area (Å²) in [4.78, 5) is 30.1. The number of carbonyl (C=O) groups excluding carboxylic acids is 2. The van der Waals surface area contributed by atoms with Gasteiger partial charge in [-0.1, -0.05) is 60.7 Å². The number of rotatable bonds is 8. The minimum atomic E-state index is -0.508. The predicted octanol–water partition coefficient (Wildman–Crippen LogP) is 6.48. The van der Waals surface area contributed by atoms with Gasteiger partial charge in [0.1, 0.15) is 5.60 Å². The molecule has 1 aromatic heterocycles. The summed E-state index contributed by atoms with van der Waals surface area (Å²) in [5.41, 5.74) is 3.71. The van der Waals surface area contributed by atoms with Gasteiger partial charge in [0.2, 0.25) is 5.91 Å². The number of hydrogen-bond donors (Lipinski definition) is 2. The number of ether oxygens (including phenoxy) is 1. The molecule has 1 unspecified atom stereocenters. The van der Waals surface area contributed by atoms with Crippen LogP contribution >= 0.6 is 0 Å². The van der Waals surface area contributed by atoms with Crippen molar-refractivity contribution in [1.82, 2.24) is 15.6 Å². The molecule has 200 valence electrons. The van der Waals surface area contributed by atoms with E-state index in [0.717, 1.165) is 48.1 Å². The molecule has 38 heavy (non-hydrogen) atoms. The number of benzene rings is 2. The average molecular weight is 514 g/mol. The summed E-state index contributed by atoms with van der Waals surface area (Å²) < 4.78 is 5.34. The smallest absolute Gasteiger partial charge is 0.407 e. The predicted molar refractivity (Wildman–Crippen MR) is 150 cm³/mol. The molecule has 0 saturated heterocycles. The molecule has 4 rings (SSSR count). The van der Waals surface area contributed by atoms with Crippen LogP contribution in [0.2, 0.25) is 0 Å². The van der Waals surface area contributed by atoms with Crippen molar-refractivity contribution in [2.75, 3.05) is 6.54 Å². The SMILES string of the molecule is CC(C)(C)OC(=O)NCC1CCC(C(=O)NC(Cc2ccccc2)c2cc(-c3ccccc3)ccn2)CC1. The van der Waals surface area contributed by atoms with Crippen LogP contribution in [0.3, 0.4) is 0 Å². The van der Waals surface area contributed by atoms with Gasteiger partial charge in [-0.25, -0.2) is 4.79 Å². The van der Waals surface area contributed by atoms with Gasteiger partial charge in [-0.05, 0) is 87.6 Å². The second-order valence-corrected chi connectivity index (χ2v) is 11.2. The van der Waals surface area contributed by atoms with Crippen LogP contribution in [0.15, 0.2) is 79.0 Å². The highest BCUT2D eigenvalue weighted by Gasteiger charge is 2.29. The maximum absolute atomic E-state index is 13.4. The van der Waals surface area contributed by atoms with Gasteiger partial charge >= 0.3 is 6.09 Å². The van der Waals surface area contributed by atoms with Gasteiger partial charge in [0.05, 0.1) is 11.7 Å². The molecule has 1 aliphatic rings. The van der Waals surface area contributed by atoms with Gasteiger partial charge < -0.3 is 15.4 Å². The van der Waals surface area contributed by atoms with E-state index in [1.165, 1.54) is 0 Å². The van der Waals surface area contributed by atoms with Crippen LogP contribution in [0, 0.1) is 11.8 Å². The number of aromatic nitrogens is 1. The Hall–Kier alpha value is -3.67.